The van der Waals surface area contributed by atoms with E-state index in [9.17, 15) is 14.3 Å². The second kappa shape index (κ2) is 11.9. The molecule has 2 atom stereocenters. The first kappa shape index (κ1) is 32.4. The van der Waals surface area contributed by atoms with Crippen LogP contribution in [0.4, 0.5) is 19.4 Å². The second-order valence-electron chi connectivity index (χ2n) is 15.1. The number of aromatic hydroxyl groups is 1. The van der Waals surface area contributed by atoms with Crippen LogP contribution in [0.25, 0.3) is 32.9 Å². The molecule has 1 amide bonds. The normalized spacial score (nSPS) is 21.5. The smallest absolute Gasteiger partial charge is 0.410 e. The van der Waals surface area contributed by atoms with Gasteiger partial charge in [0.05, 0.1) is 28.6 Å². The number of amides is 1. The van der Waals surface area contributed by atoms with Gasteiger partial charge >= 0.3 is 12.1 Å². The van der Waals surface area contributed by atoms with Gasteiger partial charge < -0.3 is 19.5 Å². The number of pyridine rings is 1. The molecule has 12 heteroatoms. The van der Waals surface area contributed by atoms with Crippen molar-refractivity contribution in [3.8, 4) is 35.4 Å². The third kappa shape index (κ3) is 5.43. The predicted molar refractivity (Wildman–Crippen MR) is 185 cm³/mol. The van der Waals surface area contributed by atoms with Crippen LogP contribution in [0.5, 0.6) is 11.8 Å². The van der Waals surface area contributed by atoms with E-state index in [0.29, 0.717) is 36.3 Å². The Morgan fingerprint density at radius 2 is 1.82 bits per heavy atom. The molecule has 2 aromatic carbocycles. The van der Waals surface area contributed by atoms with Gasteiger partial charge in [-0.3, -0.25) is 14.8 Å². The summed E-state index contributed by atoms with van der Waals surface area (Å²) in [5, 5.41) is 11.7. The van der Waals surface area contributed by atoms with Crippen LogP contribution in [0.2, 0.25) is 0 Å². The third-order valence-electron chi connectivity index (χ3n) is 10.8. The number of phenolic OH excluding ortho intramolecular Hbond substituents is 1. The van der Waals surface area contributed by atoms with Crippen molar-refractivity contribution in [2.45, 2.75) is 82.5 Å². The number of fused-ring (bicyclic) bond motifs is 5. The number of rotatable bonds is 5. The van der Waals surface area contributed by atoms with Gasteiger partial charge in [0.15, 0.2) is 5.82 Å². The molecule has 8 rings (SSSR count). The fourth-order valence-electron chi connectivity index (χ4n) is 8.62. The first-order valence-corrected chi connectivity index (χ1v) is 17.4. The Morgan fingerprint density at radius 3 is 2.50 bits per heavy atom. The molecule has 1 N–H and O–H groups in total. The molecule has 10 nitrogen and oxygen atoms in total. The number of carbonyl (C=O) groups is 1. The lowest BCUT2D eigenvalue weighted by Crippen LogP contribution is -2.57. The van der Waals surface area contributed by atoms with Crippen LogP contribution in [0.15, 0.2) is 30.5 Å². The lowest BCUT2D eigenvalue weighted by atomic mass is 9.95. The molecule has 50 heavy (non-hydrogen) atoms. The lowest BCUT2D eigenvalue weighted by Gasteiger charge is -2.42. The lowest BCUT2D eigenvalue weighted by molar-refractivity contribution is 0.0122. The van der Waals surface area contributed by atoms with Gasteiger partial charge in [0.25, 0.3) is 0 Å². The Bertz CT molecular complexity index is 2050. The van der Waals surface area contributed by atoms with Gasteiger partial charge in [-0.25, -0.2) is 13.6 Å². The van der Waals surface area contributed by atoms with E-state index < -0.39 is 17.2 Å². The molecule has 2 unspecified atom stereocenters. The summed E-state index contributed by atoms with van der Waals surface area (Å²) in [6, 6.07) is 5.31. The molecular formula is C38H40F2N6O4. The fourth-order valence-corrected chi connectivity index (χ4v) is 8.62. The third-order valence-corrected chi connectivity index (χ3v) is 10.8. The molecule has 4 saturated heterocycles. The molecule has 0 saturated carbocycles. The minimum absolute atomic E-state index is 0.0146. The van der Waals surface area contributed by atoms with Gasteiger partial charge in [0.2, 0.25) is 0 Å². The van der Waals surface area contributed by atoms with Gasteiger partial charge in [-0.05, 0) is 96.0 Å². The molecule has 260 valence electrons. The van der Waals surface area contributed by atoms with Crippen LogP contribution in [0, 0.1) is 24.0 Å². The maximum absolute atomic E-state index is 17.0. The van der Waals surface area contributed by atoms with E-state index in [1.807, 2.05) is 25.7 Å². The molecule has 0 radical (unpaired) electrons. The highest BCUT2D eigenvalue weighted by atomic mass is 19.1. The summed E-state index contributed by atoms with van der Waals surface area (Å²) in [6.07, 6.45) is 12.7. The van der Waals surface area contributed by atoms with Crippen LogP contribution in [-0.2, 0) is 4.74 Å². The van der Waals surface area contributed by atoms with Crippen molar-refractivity contribution in [3.63, 3.8) is 0 Å². The Morgan fingerprint density at radius 1 is 1.10 bits per heavy atom. The first-order chi connectivity index (χ1) is 23.9. The van der Waals surface area contributed by atoms with E-state index >= 15 is 4.39 Å². The van der Waals surface area contributed by atoms with E-state index in [-0.39, 0.29) is 63.2 Å². The zero-order valence-electron chi connectivity index (χ0n) is 28.5. The van der Waals surface area contributed by atoms with Crippen molar-refractivity contribution in [1.82, 2.24) is 24.8 Å². The van der Waals surface area contributed by atoms with Crippen molar-refractivity contribution in [3.05, 3.63) is 47.7 Å². The van der Waals surface area contributed by atoms with E-state index in [1.165, 1.54) is 30.5 Å². The minimum Gasteiger partial charge on any atom is -0.508 e. The topological polar surface area (TPSA) is 104 Å². The largest absolute Gasteiger partial charge is 0.508 e. The summed E-state index contributed by atoms with van der Waals surface area (Å²) >= 11 is 0. The van der Waals surface area contributed by atoms with Gasteiger partial charge in [0.1, 0.15) is 40.8 Å². The molecule has 2 bridgehead atoms. The molecule has 4 fully saturated rings. The van der Waals surface area contributed by atoms with E-state index in [0.717, 1.165) is 51.6 Å². The van der Waals surface area contributed by atoms with Crippen molar-refractivity contribution in [2.24, 2.45) is 0 Å². The number of terminal acetylenes is 1. The van der Waals surface area contributed by atoms with Gasteiger partial charge in [-0.1, -0.05) is 12.0 Å². The van der Waals surface area contributed by atoms with Crippen LogP contribution in [0.1, 0.15) is 64.9 Å². The average molecular weight is 683 g/mol. The van der Waals surface area contributed by atoms with Crippen molar-refractivity contribution in [2.75, 3.05) is 37.7 Å². The number of aromatic nitrogens is 3. The quantitative estimate of drug-likeness (QED) is 0.240. The van der Waals surface area contributed by atoms with Gasteiger partial charge in [0, 0.05) is 30.2 Å². The summed E-state index contributed by atoms with van der Waals surface area (Å²) in [5.74, 6) is 1.29. The van der Waals surface area contributed by atoms with E-state index in [2.05, 4.69) is 25.7 Å². The Balaban J connectivity index is 1.23. The minimum atomic E-state index is -0.771. The molecular weight excluding hydrogens is 642 g/mol. The molecule has 4 aromatic rings. The average Bonchev–Trinajstić information content (AvgIpc) is 3.73. The van der Waals surface area contributed by atoms with Crippen LogP contribution in [0.3, 0.4) is 0 Å². The number of halogens is 2. The SMILES string of the molecule is C#Cc1c(F)ccc2cc(O)cc(-c3ncc4c(N5CC6CCC(C5)N6C(=O)OC(C)(C)C)nc(OCC56CCCN5CCC6)nc4c3F)c12. The highest BCUT2D eigenvalue weighted by molar-refractivity contribution is 6.03. The highest BCUT2D eigenvalue weighted by Gasteiger charge is 2.46. The zero-order valence-corrected chi connectivity index (χ0v) is 28.5. The highest BCUT2D eigenvalue weighted by Crippen LogP contribution is 2.42. The molecule has 0 aliphatic carbocycles. The van der Waals surface area contributed by atoms with Gasteiger partial charge in [-0.15, -0.1) is 6.42 Å². The number of phenols is 1. The maximum atomic E-state index is 17.0. The van der Waals surface area contributed by atoms with Crippen LogP contribution < -0.4 is 9.64 Å². The van der Waals surface area contributed by atoms with E-state index in [4.69, 9.17) is 20.9 Å². The molecule has 4 aliphatic heterocycles. The zero-order chi connectivity index (χ0) is 34.9. The molecule has 6 heterocycles. The summed E-state index contributed by atoms with van der Waals surface area (Å²) in [4.78, 5) is 33.6. The predicted octanol–water partition coefficient (Wildman–Crippen LogP) is 6.41. The second-order valence-corrected chi connectivity index (χ2v) is 15.1. The summed E-state index contributed by atoms with van der Waals surface area (Å²) in [5.41, 5.74) is -0.771. The number of hydrogen-bond donors (Lipinski definition) is 1. The number of anilines is 1. The maximum Gasteiger partial charge on any atom is 0.410 e. The number of ether oxygens (including phenoxy) is 2. The van der Waals surface area contributed by atoms with Crippen molar-refractivity contribution < 1.29 is 28.2 Å². The van der Waals surface area contributed by atoms with Crippen LogP contribution in [-0.4, -0.2) is 92.0 Å². The molecule has 4 aliphatic rings. The standard InChI is InChI=1S/C38H40F2N6O4/c1-5-26-29(39)11-8-22-16-25(47)17-27(30(22)26)32-31(40)33-28(18-41-32)34(43-35(42-33)49-21-38-12-6-14-45(38)15-7-13-38)44-19-23-9-10-24(20-44)46(23)36(48)50-37(2,3)4/h1,8,11,16-18,23-24,47H,6-7,9-10,12-15,19-21H2,2-4H3. The Labute approximate surface area is 289 Å². The summed E-state index contributed by atoms with van der Waals surface area (Å²) in [7, 11) is 0. The number of piperazine rings is 1. The monoisotopic (exact) mass is 682 g/mol. The Hall–Kier alpha value is -4.76. The number of carbonyl (C=O) groups excluding carboxylic acids is 1. The fraction of sp³-hybridized carbons (Fsp3) is 0.474. The van der Waals surface area contributed by atoms with E-state index in [1.54, 1.807) is 0 Å². The summed E-state index contributed by atoms with van der Waals surface area (Å²) in [6.45, 7) is 8.93. The number of nitrogens with zero attached hydrogens (tertiary/aromatic N) is 6. The number of benzene rings is 2. The Kier molecular flexibility index (Phi) is 7.75. The molecule has 0 spiro atoms. The summed E-state index contributed by atoms with van der Waals surface area (Å²) < 4.78 is 44.0. The van der Waals surface area contributed by atoms with Crippen LogP contribution >= 0.6 is 0 Å². The van der Waals surface area contributed by atoms with Gasteiger partial charge in [-0.2, -0.15) is 9.97 Å². The first-order valence-electron chi connectivity index (χ1n) is 17.4. The number of hydrogen-bond acceptors (Lipinski definition) is 9. The molecule has 2 aromatic heterocycles. The van der Waals surface area contributed by atoms with Crippen molar-refractivity contribution in [1.29, 1.82) is 0 Å². The van der Waals surface area contributed by atoms with Crippen molar-refractivity contribution >= 4 is 33.6 Å².